The molecule has 0 spiro atoms. The lowest BCUT2D eigenvalue weighted by Crippen LogP contribution is -2.17. The molecule has 1 aliphatic heterocycles. The first-order valence-electron chi connectivity index (χ1n) is 5.38. The molecule has 0 radical (unpaired) electrons. The van der Waals surface area contributed by atoms with Crippen molar-refractivity contribution in [3.05, 3.63) is 46.3 Å². The van der Waals surface area contributed by atoms with E-state index in [4.69, 9.17) is 28.6 Å². The lowest BCUT2D eigenvalue weighted by molar-refractivity contribution is -0.115. The summed E-state index contributed by atoms with van der Waals surface area (Å²) in [6, 6.07) is 5.23. The molecule has 1 aliphatic rings. The normalized spacial score (nSPS) is 16.6. The highest BCUT2D eigenvalue weighted by atomic mass is 35.5. The molecular formula is C13H10ClNO2S2. The number of carbonyl (C=O) groups excluding carboxylic acids is 1. The Morgan fingerprint density at radius 2 is 2.32 bits per heavy atom. The number of carbonyl (C=O) groups is 1. The van der Waals surface area contributed by atoms with Crippen LogP contribution < -0.4 is 10.1 Å². The van der Waals surface area contributed by atoms with E-state index in [1.807, 2.05) is 0 Å². The van der Waals surface area contributed by atoms with Gasteiger partial charge < -0.3 is 10.1 Å². The maximum Gasteiger partial charge on any atom is 0.263 e. The number of ether oxygens (including phenoxy) is 1. The third kappa shape index (κ3) is 3.59. The molecule has 1 saturated heterocycles. The molecule has 0 aromatic heterocycles. The molecule has 1 fully saturated rings. The van der Waals surface area contributed by atoms with Gasteiger partial charge in [-0.1, -0.05) is 48.2 Å². The van der Waals surface area contributed by atoms with Gasteiger partial charge in [0, 0.05) is 10.6 Å². The highest BCUT2D eigenvalue weighted by Crippen LogP contribution is 2.30. The van der Waals surface area contributed by atoms with E-state index in [1.165, 1.54) is 11.8 Å². The molecule has 1 aromatic rings. The van der Waals surface area contributed by atoms with Gasteiger partial charge in [0.15, 0.2) is 0 Å². The zero-order valence-electron chi connectivity index (χ0n) is 9.81. The van der Waals surface area contributed by atoms with E-state index >= 15 is 0 Å². The predicted octanol–water partition coefficient (Wildman–Crippen LogP) is 3.39. The first kappa shape index (κ1) is 14.1. The molecular weight excluding hydrogens is 302 g/mol. The van der Waals surface area contributed by atoms with Crippen molar-refractivity contribution in [2.45, 2.75) is 0 Å². The zero-order chi connectivity index (χ0) is 13.8. The van der Waals surface area contributed by atoms with Crippen molar-refractivity contribution in [3.8, 4) is 5.75 Å². The van der Waals surface area contributed by atoms with Crippen molar-refractivity contribution in [1.29, 1.82) is 0 Å². The third-order valence-corrected chi connectivity index (χ3v) is 3.65. The van der Waals surface area contributed by atoms with Crippen LogP contribution in [0.1, 0.15) is 5.56 Å². The summed E-state index contributed by atoms with van der Waals surface area (Å²) in [5, 5.41) is 3.13. The Labute approximate surface area is 125 Å². The number of thiocarbonyl (C=S) groups is 1. The zero-order valence-corrected chi connectivity index (χ0v) is 12.2. The van der Waals surface area contributed by atoms with Gasteiger partial charge in [-0.2, -0.15) is 0 Å². The molecule has 1 N–H and O–H groups in total. The van der Waals surface area contributed by atoms with E-state index in [0.29, 0.717) is 26.6 Å². The summed E-state index contributed by atoms with van der Waals surface area (Å²) in [5.41, 5.74) is 0.733. The minimum atomic E-state index is -0.204. The summed E-state index contributed by atoms with van der Waals surface area (Å²) in [7, 11) is 0. The van der Waals surface area contributed by atoms with E-state index in [0.717, 1.165) is 5.56 Å². The van der Waals surface area contributed by atoms with Crippen LogP contribution in [0.4, 0.5) is 0 Å². The number of benzene rings is 1. The van der Waals surface area contributed by atoms with Crippen LogP contribution in [0.2, 0.25) is 5.02 Å². The van der Waals surface area contributed by atoms with Gasteiger partial charge in [0.25, 0.3) is 5.91 Å². The summed E-state index contributed by atoms with van der Waals surface area (Å²) in [5.74, 6) is 0.438. The Kier molecular flexibility index (Phi) is 4.63. The van der Waals surface area contributed by atoms with Crippen LogP contribution in [0.5, 0.6) is 5.75 Å². The lowest BCUT2D eigenvalue weighted by atomic mass is 10.2. The van der Waals surface area contributed by atoms with Crippen molar-refractivity contribution in [3.63, 3.8) is 0 Å². The van der Waals surface area contributed by atoms with Crippen LogP contribution in [0.3, 0.4) is 0 Å². The minimum absolute atomic E-state index is 0.204. The van der Waals surface area contributed by atoms with Crippen molar-refractivity contribution in [1.82, 2.24) is 5.32 Å². The fourth-order valence-corrected chi connectivity index (χ4v) is 2.69. The highest BCUT2D eigenvalue weighted by Gasteiger charge is 2.22. The Bertz CT molecular complexity index is 584. The molecule has 0 atom stereocenters. The van der Waals surface area contributed by atoms with Crippen LogP contribution >= 0.6 is 35.6 Å². The van der Waals surface area contributed by atoms with Gasteiger partial charge in [-0.25, -0.2) is 0 Å². The monoisotopic (exact) mass is 311 g/mol. The average Bonchev–Trinajstić information content (AvgIpc) is 2.67. The maximum absolute atomic E-state index is 11.6. The van der Waals surface area contributed by atoms with Crippen LogP contribution in [0.25, 0.3) is 6.08 Å². The van der Waals surface area contributed by atoms with Gasteiger partial charge >= 0.3 is 0 Å². The largest absolute Gasteiger partial charge is 0.489 e. The van der Waals surface area contributed by atoms with E-state index in [9.17, 15) is 4.79 Å². The van der Waals surface area contributed by atoms with Crippen LogP contribution in [-0.4, -0.2) is 16.8 Å². The first-order valence-corrected chi connectivity index (χ1v) is 6.98. The SMILES string of the molecule is C=CCOc1ccc(Cl)cc1/C=C1/SC(=S)NC1=O. The second-order valence-electron chi connectivity index (χ2n) is 3.63. The van der Waals surface area contributed by atoms with Gasteiger partial charge in [-0.3, -0.25) is 4.79 Å². The van der Waals surface area contributed by atoms with Gasteiger partial charge in [0.1, 0.15) is 16.7 Å². The second kappa shape index (κ2) is 6.23. The quantitative estimate of drug-likeness (QED) is 0.525. The van der Waals surface area contributed by atoms with E-state index in [1.54, 1.807) is 30.4 Å². The van der Waals surface area contributed by atoms with Crippen molar-refractivity contribution >= 4 is 51.9 Å². The average molecular weight is 312 g/mol. The standard InChI is InChI=1S/C13H10ClNO2S2/c1-2-5-17-10-4-3-9(14)6-8(10)7-11-12(16)15-13(18)19-11/h2-4,6-7H,1,5H2,(H,15,16,18)/b11-7+. The Morgan fingerprint density at radius 3 is 2.95 bits per heavy atom. The van der Waals surface area contributed by atoms with Crippen LogP contribution in [0, 0.1) is 0 Å². The number of halogens is 1. The van der Waals surface area contributed by atoms with Gasteiger partial charge in [-0.05, 0) is 24.3 Å². The molecule has 1 aromatic carbocycles. The maximum atomic E-state index is 11.6. The first-order chi connectivity index (χ1) is 9.10. The van der Waals surface area contributed by atoms with Crippen LogP contribution in [0.15, 0.2) is 35.8 Å². The number of hydrogen-bond donors (Lipinski definition) is 1. The van der Waals surface area contributed by atoms with Gasteiger partial charge in [-0.15, -0.1) is 0 Å². The van der Waals surface area contributed by atoms with E-state index in [-0.39, 0.29) is 5.91 Å². The highest BCUT2D eigenvalue weighted by molar-refractivity contribution is 8.26. The molecule has 1 amide bonds. The number of amides is 1. The number of rotatable bonds is 4. The number of hydrogen-bond acceptors (Lipinski definition) is 4. The molecule has 0 saturated carbocycles. The summed E-state index contributed by atoms with van der Waals surface area (Å²) >= 11 is 12.1. The van der Waals surface area contributed by atoms with Gasteiger partial charge in [0.05, 0.1) is 4.91 Å². The van der Waals surface area contributed by atoms with E-state index < -0.39 is 0 Å². The topological polar surface area (TPSA) is 38.3 Å². The van der Waals surface area contributed by atoms with E-state index in [2.05, 4.69) is 11.9 Å². The third-order valence-electron chi connectivity index (χ3n) is 2.26. The summed E-state index contributed by atoms with van der Waals surface area (Å²) in [6.45, 7) is 3.98. The summed E-state index contributed by atoms with van der Waals surface area (Å²) < 4.78 is 5.97. The fourth-order valence-electron chi connectivity index (χ4n) is 1.47. The molecule has 2 rings (SSSR count). The summed E-state index contributed by atoms with van der Waals surface area (Å²) in [4.78, 5) is 12.1. The fraction of sp³-hybridized carbons (Fsp3) is 0.0769. The Morgan fingerprint density at radius 1 is 1.53 bits per heavy atom. The van der Waals surface area contributed by atoms with Crippen LogP contribution in [-0.2, 0) is 4.79 Å². The molecule has 19 heavy (non-hydrogen) atoms. The van der Waals surface area contributed by atoms with Gasteiger partial charge in [0.2, 0.25) is 0 Å². The van der Waals surface area contributed by atoms with Crippen molar-refractivity contribution in [2.75, 3.05) is 6.61 Å². The smallest absolute Gasteiger partial charge is 0.263 e. The lowest BCUT2D eigenvalue weighted by Gasteiger charge is -2.08. The van der Waals surface area contributed by atoms with Crippen molar-refractivity contribution in [2.24, 2.45) is 0 Å². The Hall–Kier alpha value is -1.30. The molecule has 0 unspecified atom stereocenters. The molecule has 0 aliphatic carbocycles. The molecule has 1 heterocycles. The predicted molar refractivity (Wildman–Crippen MR) is 83.5 cm³/mol. The number of thioether (sulfide) groups is 1. The molecule has 98 valence electrons. The number of nitrogens with one attached hydrogen (secondary N) is 1. The molecule has 0 bridgehead atoms. The summed E-state index contributed by atoms with van der Waals surface area (Å²) in [6.07, 6.45) is 3.36. The van der Waals surface area contributed by atoms with Crippen molar-refractivity contribution < 1.29 is 9.53 Å². The second-order valence-corrected chi connectivity index (χ2v) is 5.79. The Balaban J connectivity index is 2.35. The molecule has 3 nitrogen and oxygen atoms in total. The molecule has 6 heteroatoms. The minimum Gasteiger partial charge on any atom is -0.489 e.